The summed E-state index contributed by atoms with van der Waals surface area (Å²) in [7, 11) is 0. The van der Waals surface area contributed by atoms with Crippen LogP contribution in [-0.4, -0.2) is 10.9 Å². The number of hydrogen-bond donors (Lipinski definition) is 0. The molecule has 0 heterocycles. The van der Waals surface area contributed by atoms with Gasteiger partial charge in [0.15, 0.2) is 0 Å². The van der Waals surface area contributed by atoms with Crippen LogP contribution in [0.15, 0.2) is 18.2 Å². The fraction of sp³-hybridized carbons (Fsp3) is 0.647. The molecule has 0 aromatic heterocycles. The van der Waals surface area contributed by atoms with Crippen LogP contribution in [0.5, 0.6) is 5.75 Å². The van der Waals surface area contributed by atoms with E-state index in [-0.39, 0.29) is 5.41 Å². The highest BCUT2D eigenvalue weighted by Crippen LogP contribution is 2.50. The normalized spacial score (nSPS) is 30.3. The van der Waals surface area contributed by atoms with E-state index in [9.17, 15) is 0 Å². The van der Waals surface area contributed by atoms with E-state index < -0.39 is 0 Å². The summed E-state index contributed by atoms with van der Waals surface area (Å²) in [6.45, 7) is 11.2. The van der Waals surface area contributed by atoms with Crippen molar-refractivity contribution < 1.29 is 4.74 Å². The molecule has 0 amide bonds. The van der Waals surface area contributed by atoms with Gasteiger partial charge in [0, 0.05) is 10.2 Å². The Balaban J connectivity index is 2.11. The van der Waals surface area contributed by atoms with E-state index >= 15 is 0 Å². The predicted octanol–water partition coefficient (Wildman–Crippen LogP) is 5.45. The predicted molar refractivity (Wildman–Crippen MR) is 85.4 cm³/mol. The molecule has 1 fully saturated rings. The average Bonchev–Trinajstić information content (AvgIpc) is 2.37. The molecule has 2 heteroatoms. The van der Waals surface area contributed by atoms with E-state index in [1.807, 2.05) is 0 Å². The fourth-order valence-corrected chi connectivity index (χ4v) is 3.89. The Morgan fingerprint density at radius 2 is 2.11 bits per heavy atom. The summed E-state index contributed by atoms with van der Waals surface area (Å²) < 4.78 is 6.21. The minimum atomic E-state index is 0.268. The smallest absolute Gasteiger partial charge is 0.120 e. The van der Waals surface area contributed by atoms with Crippen LogP contribution in [0.25, 0.3) is 0 Å². The SMILES string of the molecule is CCC1(C)C(Br)CC1Oc1ccc(C(C)C)c(C)c1. The first kappa shape index (κ1) is 14.9. The molecule has 1 aromatic rings. The molecule has 0 radical (unpaired) electrons. The number of aryl methyl sites for hydroxylation is 1. The van der Waals surface area contributed by atoms with E-state index in [0.717, 1.165) is 18.6 Å². The average molecular weight is 325 g/mol. The fourth-order valence-electron chi connectivity index (χ4n) is 2.93. The quantitative estimate of drug-likeness (QED) is 0.669. The van der Waals surface area contributed by atoms with Gasteiger partial charge in [-0.25, -0.2) is 0 Å². The molecule has 3 atom stereocenters. The Morgan fingerprint density at radius 1 is 1.42 bits per heavy atom. The van der Waals surface area contributed by atoms with Gasteiger partial charge in [-0.1, -0.05) is 49.7 Å². The van der Waals surface area contributed by atoms with Crippen molar-refractivity contribution in [3.05, 3.63) is 29.3 Å². The summed E-state index contributed by atoms with van der Waals surface area (Å²) in [4.78, 5) is 0.589. The molecule has 0 spiro atoms. The molecule has 0 bridgehead atoms. The van der Waals surface area contributed by atoms with Crippen LogP contribution in [0.3, 0.4) is 0 Å². The van der Waals surface area contributed by atoms with Gasteiger partial charge < -0.3 is 4.74 Å². The molecular formula is C17H25BrO. The molecule has 19 heavy (non-hydrogen) atoms. The lowest BCUT2D eigenvalue weighted by Gasteiger charge is -2.50. The van der Waals surface area contributed by atoms with Crippen LogP contribution in [0.4, 0.5) is 0 Å². The zero-order valence-corrected chi connectivity index (χ0v) is 14.3. The van der Waals surface area contributed by atoms with Crippen molar-refractivity contribution in [2.24, 2.45) is 5.41 Å². The number of ether oxygens (including phenoxy) is 1. The second kappa shape index (κ2) is 5.47. The third-order valence-electron chi connectivity index (χ3n) is 4.78. The van der Waals surface area contributed by atoms with Gasteiger partial charge in [-0.05, 0) is 48.9 Å². The van der Waals surface area contributed by atoms with Crippen LogP contribution in [-0.2, 0) is 0 Å². The summed E-state index contributed by atoms with van der Waals surface area (Å²) in [5.41, 5.74) is 3.02. The molecule has 1 aliphatic rings. The maximum Gasteiger partial charge on any atom is 0.120 e. The topological polar surface area (TPSA) is 9.23 Å². The van der Waals surface area contributed by atoms with Crippen molar-refractivity contribution in [2.45, 2.75) is 64.3 Å². The molecule has 3 unspecified atom stereocenters. The lowest BCUT2D eigenvalue weighted by molar-refractivity contribution is -0.0243. The second-order valence-electron chi connectivity index (χ2n) is 6.34. The second-order valence-corrected chi connectivity index (χ2v) is 7.45. The Kier molecular flexibility index (Phi) is 4.29. The van der Waals surface area contributed by atoms with Gasteiger partial charge in [0.1, 0.15) is 11.9 Å². The number of benzene rings is 1. The van der Waals surface area contributed by atoms with Crippen molar-refractivity contribution >= 4 is 15.9 Å². The zero-order valence-electron chi connectivity index (χ0n) is 12.7. The highest BCUT2D eigenvalue weighted by molar-refractivity contribution is 9.09. The molecule has 1 saturated carbocycles. The minimum absolute atomic E-state index is 0.268. The van der Waals surface area contributed by atoms with E-state index in [2.05, 4.69) is 68.7 Å². The third-order valence-corrected chi connectivity index (χ3v) is 6.20. The number of hydrogen-bond acceptors (Lipinski definition) is 1. The van der Waals surface area contributed by atoms with Gasteiger partial charge in [0.05, 0.1) is 0 Å². The Hall–Kier alpha value is -0.500. The zero-order chi connectivity index (χ0) is 14.2. The number of halogens is 1. The highest BCUT2D eigenvalue weighted by Gasteiger charge is 2.50. The van der Waals surface area contributed by atoms with Crippen molar-refractivity contribution in [2.75, 3.05) is 0 Å². The van der Waals surface area contributed by atoms with Crippen LogP contribution >= 0.6 is 15.9 Å². The monoisotopic (exact) mass is 324 g/mol. The van der Waals surface area contributed by atoms with Gasteiger partial charge in [0.2, 0.25) is 0 Å². The summed E-state index contributed by atoms with van der Waals surface area (Å²) >= 11 is 3.76. The summed E-state index contributed by atoms with van der Waals surface area (Å²) in [6.07, 6.45) is 2.59. The largest absolute Gasteiger partial charge is 0.490 e. The van der Waals surface area contributed by atoms with E-state index in [0.29, 0.717) is 16.8 Å². The van der Waals surface area contributed by atoms with Gasteiger partial charge >= 0.3 is 0 Å². The summed E-state index contributed by atoms with van der Waals surface area (Å²) in [5, 5.41) is 0. The molecular weight excluding hydrogens is 300 g/mol. The van der Waals surface area contributed by atoms with Crippen LogP contribution in [0.2, 0.25) is 0 Å². The van der Waals surface area contributed by atoms with Crippen molar-refractivity contribution in [1.29, 1.82) is 0 Å². The first-order valence-electron chi connectivity index (χ1n) is 7.29. The van der Waals surface area contributed by atoms with E-state index in [4.69, 9.17) is 4.74 Å². The maximum atomic E-state index is 6.21. The third kappa shape index (κ3) is 2.69. The van der Waals surface area contributed by atoms with Gasteiger partial charge in [-0.2, -0.15) is 0 Å². The molecule has 106 valence electrons. The van der Waals surface area contributed by atoms with Crippen molar-refractivity contribution in [3.8, 4) is 5.75 Å². The Labute approximate surface area is 125 Å². The maximum absolute atomic E-state index is 6.21. The van der Waals surface area contributed by atoms with E-state index in [1.54, 1.807) is 0 Å². The Morgan fingerprint density at radius 3 is 2.58 bits per heavy atom. The molecule has 1 aromatic carbocycles. The first-order valence-corrected chi connectivity index (χ1v) is 8.21. The van der Waals surface area contributed by atoms with Crippen molar-refractivity contribution in [1.82, 2.24) is 0 Å². The summed E-state index contributed by atoms with van der Waals surface area (Å²) in [5.74, 6) is 1.59. The van der Waals surface area contributed by atoms with Gasteiger partial charge in [0.25, 0.3) is 0 Å². The van der Waals surface area contributed by atoms with Crippen LogP contribution in [0, 0.1) is 12.3 Å². The van der Waals surface area contributed by atoms with Gasteiger partial charge in [-0.3, -0.25) is 0 Å². The number of alkyl halides is 1. The summed E-state index contributed by atoms with van der Waals surface area (Å²) in [6, 6.07) is 6.52. The molecule has 0 N–H and O–H groups in total. The van der Waals surface area contributed by atoms with E-state index in [1.165, 1.54) is 11.1 Å². The molecule has 1 nitrogen and oxygen atoms in total. The lowest BCUT2D eigenvalue weighted by atomic mass is 9.65. The first-order chi connectivity index (χ1) is 8.88. The van der Waals surface area contributed by atoms with Crippen LogP contribution < -0.4 is 4.74 Å². The number of rotatable bonds is 4. The lowest BCUT2D eigenvalue weighted by Crippen LogP contribution is -2.54. The molecule has 0 saturated heterocycles. The minimum Gasteiger partial charge on any atom is -0.490 e. The standard InChI is InChI=1S/C17H25BrO/c1-6-17(5)15(18)10-16(17)19-13-7-8-14(11(2)3)12(4)9-13/h7-9,11,15-16H,6,10H2,1-5H3. The van der Waals surface area contributed by atoms with Crippen LogP contribution in [0.1, 0.15) is 57.6 Å². The Bertz CT molecular complexity index is 455. The molecule has 1 aliphatic carbocycles. The molecule has 2 rings (SSSR count). The highest BCUT2D eigenvalue weighted by atomic mass is 79.9. The van der Waals surface area contributed by atoms with Crippen molar-refractivity contribution in [3.63, 3.8) is 0 Å². The molecule has 0 aliphatic heterocycles. The van der Waals surface area contributed by atoms with Gasteiger partial charge in [-0.15, -0.1) is 0 Å².